The Balaban J connectivity index is 2.83. The van der Waals surface area contributed by atoms with Gasteiger partial charge in [-0.25, -0.2) is 8.78 Å². The maximum absolute atomic E-state index is 13.9. The number of halogens is 5. The van der Waals surface area contributed by atoms with E-state index in [1.807, 2.05) is 0 Å². The van der Waals surface area contributed by atoms with Gasteiger partial charge in [0.25, 0.3) is 0 Å². The Bertz CT molecular complexity index is 533. The fourth-order valence-corrected chi connectivity index (χ4v) is 2.17. The van der Waals surface area contributed by atoms with Crippen LogP contribution in [0.3, 0.4) is 0 Å². The second-order valence-corrected chi connectivity index (χ2v) is 5.40. The topological polar surface area (TPSA) is 49.3 Å². The Hall–Kier alpha value is -1.70. The lowest BCUT2D eigenvalue weighted by atomic mass is 9.90. The Labute approximate surface area is 130 Å². The molecule has 0 radical (unpaired) electrons. The van der Waals surface area contributed by atoms with Crippen LogP contribution in [0.4, 0.5) is 22.0 Å². The minimum absolute atomic E-state index is 0.0581. The van der Waals surface area contributed by atoms with Crippen molar-refractivity contribution in [3.8, 4) is 0 Å². The summed E-state index contributed by atoms with van der Waals surface area (Å²) in [7, 11) is 0. The molecule has 2 N–H and O–H groups in total. The Morgan fingerprint density at radius 1 is 1.26 bits per heavy atom. The molecule has 0 aliphatic carbocycles. The molecule has 1 unspecified atom stereocenters. The summed E-state index contributed by atoms with van der Waals surface area (Å²) < 4.78 is 63.8. The highest BCUT2D eigenvalue weighted by atomic mass is 19.4. The van der Waals surface area contributed by atoms with E-state index in [1.54, 1.807) is 0 Å². The molecule has 8 heteroatoms. The molecule has 0 fully saturated rings. The standard InChI is InChI=1S/C15H18F5NO2/c1-9(14(22)23)5-6-10(7-21-8-15(18,19)20)11-3-2-4-12(16)13(11)17/h2-4,9-10,21H,5-8H2,1H3,(H,22,23)/t9?,10-/m1/s1. The van der Waals surface area contributed by atoms with Crippen LogP contribution in [0.5, 0.6) is 0 Å². The van der Waals surface area contributed by atoms with E-state index < -0.39 is 42.2 Å². The van der Waals surface area contributed by atoms with Gasteiger partial charge in [-0.3, -0.25) is 4.79 Å². The molecule has 0 aliphatic rings. The molecule has 2 atom stereocenters. The van der Waals surface area contributed by atoms with Gasteiger partial charge < -0.3 is 10.4 Å². The van der Waals surface area contributed by atoms with Gasteiger partial charge in [0.2, 0.25) is 0 Å². The number of nitrogens with one attached hydrogen (secondary N) is 1. The lowest BCUT2D eigenvalue weighted by molar-refractivity contribution is -0.141. The molecule has 0 saturated carbocycles. The van der Waals surface area contributed by atoms with Crippen LogP contribution in [-0.4, -0.2) is 30.3 Å². The maximum atomic E-state index is 13.9. The summed E-state index contributed by atoms with van der Waals surface area (Å²) in [5, 5.41) is 11.0. The highest BCUT2D eigenvalue weighted by molar-refractivity contribution is 5.69. The zero-order valence-electron chi connectivity index (χ0n) is 12.5. The molecular weight excluding hydrogens is 321 g/mol. The Morgan fingerprint density at radius 2 is 1.91 bits per heavy atom. The zero-order chi connectivity index (χ0) is 17.6. The van der Waals surface area contributed by atoms with E-state index in [-0.39, 0.29) is 24.9 Å². The molecule has 1 aromatic rings. The van der Waals surface area contributed by atoms with E-state index in [9.17, 15) is 26.7 Å². The minimum atomic E-state index is -4.42. The fraction of sp³-hybridized carbons (Fsp3) is 0.533. The van der Waals surface area contributed by atoms with Gasteiger partial charge in [0.15, 0.2) is 11.6 Å². The van der Waals surface area contributed by atoms with E-state index in [2.05, 4.69) is 5.32 Å². The first-order chi connectivity index (χ1) is 10.6. The van der Waals surface area contributed by atoms with Gasteiger partial charge in [0.1, 0.15) is 0 Å². The van der Waals surface area contributed by atoms with Crippen LogP contribution < -0.4 is 5.32 Å². The molecule has 3 nitrogen and oxygen atoms in total. The smallest absolute Gasteiger partial charge is 0.401 e. The van der Waals surface area contributed by atoms with Crippen molar-refractivity contribution < 1.29 is 31.9 Å². The molecule has 1 aromatic carbocycles. The molecule has 0 aromatic heterocycles. The monoisotopic (exact) mass is 339 g/mol. The van der Waals surface area contributed by atoms with E-state index in [4.69, 9.17) is 5.11 Å². The number of carbonyl (C=O) groups is 1. The molecular formula is C15H18F5NO2. The van der Waals surface area contributed by atoms with E-state index >= 15 is 0 Å². The van der Waals surface area contributed by atoms with Gasteiger partial charge in [-0.1, -0.05) is 19.1 Å². The number of aliphatic carboxylic acids is 1. The Kier molecular flexibility index (Phi) is 6.93. The first-order valence-electron chi connectivity index (χ1n) is 7.06. The van der Waals surface area contributed by atoms with Crippen molar-refractivity contribution in [3.05, 3.63) is 35.4 Å². The zero-order valence-corrected chi connectivity index (χ0v) is 12.5. The average molecular weight is 339 g/mol. The molecule has 23 heavy (non-hydrogen) atoms. The van der Waals surface area contributed by atoms with Gasteiger partial charge in [-0.15, -0.1) is 0 Å². The largest absolute Gasteiger partial charge is 0.481 e. The second kappa shape index (κ2) is 8.24. The molecule has 0 aliphatic heterocycles. The van der Waals surface area contributed by atoms with Crippen LogP contribution in [0.2, 0.25) is 0 Å². The van der Waals surface area contributed by atoms with E-state index in [0.29, 0.717) is 0 Å². The highest BCUT2D eigenvalue weighted by Crippen LogP contribution is 2.27. The van der Waals surface area contributed by atoms with Crippen molar-refractivity contribution in [1.82, 2.24) is 5.32 Å². The van der Waals surface area contributed by atoms with Crippen molar-refractivity contribution in [2.24, 2.45) is 5.92 Å². The minimum Gasteiger partial charge on any atom is -0.481 e. The number of rotatable bonds is 8. The highest BCUT2D eigenvalue weighted by Gasteiger charge is 2.28. The van der Waals surface area contributed by atoms with E-state index in [1.165, 1.54) is 19.1 Å². The van der Waals surface area contributed by atoms with Crippen molar-refractivity contribution in [1.29, 1.82) is 0 Å². The van der Waals surface area contributed by atoms with Crippen LogP contribution >= 0.6 is 0 Å². The van der Waals surface area contributed by atoms with Crippen LogP contribution in [0, 0.1) is 17.6 Å². The van der Waals surface area contributed by atoms with Crippen molar-refractivity contribution in [2.45, 2.75) is 31.9 Å². The normalized spacial score (nSPS) is 14.5. The number of benzene rings is 1. The molecule has 0 spiro atoms. The summed E-state index contributed by atoms with van der Waals surface area (Å²) in [6.45, 7) is -0.0361. The van der Waals surface area contributed by atoms with Crippen LogP contribution in [0.1, 0.15) is 31.2 Å². The summed E-state index contributed by atoms with van der Waals surface area (Å²) in [4.78, 5) is 10.8. The molecule has 130 valence electrons. The summed E-state index contributed by atoms with van der Waals surface area (Å²) in [5.41, 5.74) is -0.0581. The molecule has 0 heterocycles. The van der Waals surface area contributed by atoms with Gasteiger partial charge >= 0.3 is 12.1 Å². The summed E-state index contributed by atoms with van der Waals surface area (Å²) in [6.07, 6.45) is -4.15. The average Bonchev–Trinajstić information content (AvgIpc) is 2.44. The molecule has 0 amide bonds. The number of hydrogen-bond acceptors (Lipinski definition) is 2. The number of hydrogen-bond donors (Lipinski definition) is 2. The van der Waals surface area contributed by atoms with Crippen LogP contribution in [0.15, 0.2) is 18.2 Å². The van der Waals surface area contributed by atoms with Crippen molar-refractivity contribution in [3.63, 3.8) is 0 Å². The summed E-state index contributed by atoms with van der Waals surface area (Å²) >= 11 is 0. The second-order valence-electron chi connectivity index (χ2n) is 5.40. The van der Waals surface area contributed by atoms with Gasteiger partial charge in [0.05, 0.1) is 12.5 Å². The fourth-order valence-electron chi connectivity index (χ4n) is 2.17. The summed E-state index contributed by atoms with van der Waals surface area (Å²) in [5.74, 6) is -4.73. The van der Waals surface area contributed by atoms with Crippen LogP contribution in [0.25, 0.3) is 0 Å². The quantitative estimate of drug-likeness (QED) is 0.710. The van der Waals surface area contributed by atoms with Crippen molar-refractivity contribution in [2.75, 3.05) is 13.1 Å². The number of carboxylic acid groups (broad SMARTS) is 1. The van der Waals surface area contributed by atoms with Gasteiger partial charge in [0, 0.05) is 6.54 Å². The third-order valence-corrected chi connectivity index (χ3v) is 3.51. The first kappa shape index (κ1) is 19.3. The first-order valence-corrected chi connectivity index (χ1v) is 7.06. The molecule has 0 saturated heterocycles. The third kappa shape index (κ3) is 6.52. The number of carboxylic acids is 1. The summed E-state index contributed by atoms with van der Waals surface area (Å²) in [6, 6.07) is 3.48. The third-order valence-electron chi connectivity index (χ3n) is 3.51. The SMILES string of the molecule is CC(CC[C@H](CNCC(F)(F)F)c1cccc(F)c1F)C(=O)O. The van der Waals surface area contributed by atoms with Crippen molar-refractivity contribution >= 4 is 5.97 Å². The number of alkyl halides is 3. The van der Waals surface area contributed by atoms with E-state index in [0.717, 1.165) is 6.07 Å². The van der Waals surface area contributed by atoms with Gasteiger partial charge in [-0.2, -0.15) is 13.2 Å². The lowest BCUT2D eigenvalue weighted by Gasteiger charge is -2.20. The lowest BCUT2D eigenvalue weighted by Crippen LogP contribution is -2.32. The van der Waals surface area contributed by atoms with Crippen LogP contribution in [-0.2, 0) is 4.79 Å². The predicted octanol–water partition coefficient (Wildman–Crippen LogP) is 3.70. The molecule has 0 bridgehead atoms. The van der Waals surface area contributed by atoms with Gasteiger partial charge in [-0.05, 0) is 30.4 Å². The Morgan fingerprint density at radius 3 is 2.48 bits per heavy atom. The predicted molar refractivity (Wildman–Crippen MR) is 74.1 cm³/mol. The molecule has 1 rings (SSSR count). The maximum Gasteiger partial charge on any atom is 0.401 e.